The van der Waals surface area contributed by atoms with E-state index >= 15 is 0 Å². The lowest BCUT2D eigenvalue weighted by atomic mass is 10.0. The summed E-state index contributed by atoms with van der Waals surface area (Å²) in [7, 11) is 0. The molecule has 0 saturated carbocycles. The number of benzene rings is 2. The Morgan fingerprint density at radius 2 is 1.17 bits per heavy atom. The van der Waals surface area contributed by atoms with Crippen molar-refractivity contribution in [3.63, 3.8) is 0 Å². The van der Waals surface area contributed by atoms with Crippen molar-refractivity contribution in [2.75, 3.05) is 0 Å². The van der Waals surface area contributed by atoms with Crippen LogP contribution in [0.4, 0.5) is 0 Å². The van der Waals surface area contributed by atoms with Crippen LogP contribution in [-0.4, -0.2) is 12.4 Å². The lowest BCUT2D eigenvalue weighted by molar-refractivity contribution is 0.632. The molecule has 0 N–H and O–H groups in total. The van der Waals surface area contributed by atoms with Crippen LogP contribution in [0.5, 0.6) is 0 Å². The summed E-state index contributed by atoms with van der Waals surface area (Å²) in [5.74, 6) is 0. The molecular formula is C27H36N2. The molecular weight excluding hydrogens is 352 g/mol. The van der Waals surface area contributed by atoms with Gasteiger partial charge in [0.2, 0.25) is 0 Å². The van der Waals surface area contributed by atoms with Crippen molar-refractivity contribution in [3.8, 4) is 0 Å². The van der Waals surface area contributed by atoms with E-state index in [-0.39, 0.29) is 0 Å². The molecule has 0 atom stereocenters. The first-order valence-electron chi connectivity index (χ1n) is 11.2. The van der Waals surface area contributed by atoms with E-state index in [2.05, 4.69) is 84.7 Å². The Morgan fingerprint density at radius 1 is 0.621 bits per heavy atom. The summed E-state index contributed by atoms with van der Waals surface area (Å²) in [6.45, 7) is 4.42. The fourth-order valence-corrected chi connectivity index (χ4v) is 3.21. The number of aryl methyl sites for hydroxylation is 2. The van der Waals surface area contributed by atoms with Gasteiger partial charge in [0.25, 0.3) is 0 Å². The van der Waals surface area contributed by atoms with E-state index in [0.717, 1.165) is 30.4 Å². The minimum atomic E-state index is 1.08. The first kappa shape index (κ1) is 22.8. The molecule has 0 radical (unpaired) electrons. The third-order valence-electron chi connectivity index (χ3n) is 5.01. The zero-order valence-electron chi connectivity index (χ0n) is 18.2. The number of unbranched alkanes of at least 4 members (excludes halogenated alkanes) is 4. The molecule has 0 spiro atoms. The molecule has 2 rings (SSSR count). The summed E-state index contributed by atoms with van der Waals surface area (Å²) in [4.78, 5) is 0. The van der Waals surface area contributed by atoms with Crippen LogP contribution in [-0.2, 0) is 12.8 Å². The lowest BCUT2D eigenvalue weighted by Gasteiger charge is -2.02. The number of rotatable bonds is 13. The summed E-state index contributed by atoms with van der Waals surface area (Å²) in [5, 5.41) is 8.38. The lowest BCUT2D eigenvalue weighted by Crippen LogP contribution is -1.88. The van der Waals surface area contributed by atoms with Crippen LogP contribution in [0.3, 0.4) is 0 Å². The van der Waals surface area contributed by atoms with Crippen molar-refractivity contribution in [1.82, 2.24) is 0 Å². The predicted molar refractivity (Wildman–Crippen MR) is 128 cm³/mol. The first-order chi connectivity index (χ1) is 14.3. The highest BCUT2D eigenvalue weighted by Gasteiger charge is 1.95. The molecule has 0 aliphatic carbocycles. The Balaban J connectivity index is 1.74. The van der Waals surface area contributed by atoms with Gasteiger partial charge in [-0.3, -0.25) is 0 Å². The fraction of sp³-hybridized carbons (Fsp3) is 0.407. The molecule has 0 aromatic heterocycles. The van der Waals surface area contributed by atoms with E-state index in [4.69, 9.17) is 0 Å². The van der Waals surface area contributed by atoms with Crippen LogP contribution >= 0.6 is 0 Å². The maximum Gasteiger partial charge on any atom is 0.0568 e. The molecule has 0 saturated heterocycles. The number of hydrogen-bond acceptors (Lipinski definition) is 2. The number of allylic oxidation sites excluding steroid dienone is 2. The van der Waals surface area contributed by atoms with E-state index in [1.807, 2.05) is 12.4 Å². The van der Waals surface area contributed by atoms with Crippen molar-refractivity contribution >= 4 is 12.4 Å². The molecule has 0 amide bonds. The van der Waals surface area contributed by atoms with Crippen LogP contribution < -0.4 is 0 Å². The average molecular weight is 389 g/mol. The molecule has 0 fully saturated rings. The summed E-state index contributed by atoms with van der Waals surface area (Å²) < 4.78 is 0. The smallest absolute Gasteiger partial charge is 0.0568 e. The van der Waals surface area contributed by atoms with Crippen LogP contribution in [0, 0.1) is 0 Å². The SMILES string of the molecule is CC/C=C/CCc1ccc(C=NN=Cc2ccc(CCCCCCC)cc2)cc1. The molecule has 2 heteroatoms. The van der Waals surface area contributed by atoms with Gasteiger partial charge in [0.15, 0.2) is 0 Å². The van der Waals surface area contributed by atoms with Gasteiger partial charge in [-0.25, -0.2) is 0 Å². The number of hydrogen-bond donors (Lipinski definition) is 0. The first-order valence-corrected chi connectivity index (χ1v) is 11.2. The Labute approximate surface area is 177 Å². The quantitative estimate of drug-likeness (QED) is 0.146. The largest absolute Gasteiger partial charge is 0.159 e. The van der Waals surface area contributed by atoms with Crippen LogP contribution in [0.25, 0.3) is 0 Å². The van der Waals surface area contributed by atoms with Crippen molar-refractivity contribution in [3.05, 3.63) is 82.9 Å². The van der Waals surface area contributed by atoms with E-state index in [9.17, 15) is 0 Å². The molecule has 0 aliphatic heterocycles. The monoisotopic (exact) mass is 388 g/mol. The van der Waals surface area contributed by atoms with E-state index in [1.165, 1.54) is 49.7 Å². The van der Waals surface area contributed by atoms with Crippen molar-refractivity contribution < 1.29 is 0 Å². The zero-order valence-corrected chi connectivity index (χ0v) is 18.2. The second-order valence-electron chi connectivity index (χ2n) is 7.55. The van der Waals surface area contributed by atoms with Crippen molar-refractivity contribution in [2.45, 2.75) is 71.6 Å². The molecule has 154 valence electrons. The molecule has 0 aliphatic rings. The van der Waals surface area contributed by atoms with E-state index in [0.29, 0.717) is 0 Å². The second kappa shape index (κ2) is 14.5. The molecule has 0 bridgehead atoms. The topological polar surface area (TPSA) is 24.7 Å². The van der Waals surface area contributed by atoms with Gasteiger partial charge in [0.1, 0.15) is 0 Å². The Bertz CT molecular complexity index is 752. The second-order valence-corrected chi connectivity index (χ2v) is 7.55. The summed E-state index contributed by atoms with van der Waals surface area (Å²) in [6, 6.07) is 17.2. The number of nitrogens with zero attached hydrogens (tertiary/aromatic N) is 2. The van der Waals surface area contributed by atoms with Gasteiger partial charge >= 0.3 is 0 Å². The maximum atomic E-state index is 4.19. The third kappa shape index (κ3) is 10.0. The normalized spacial score (nSPS) is 11.9. The van der Waals surface area contributed by atoms with Gasteiger partial charge in [0.05, 0.1) is 12.4 Å². The van der Waals surface area contributed by atoms with Crippen molar-refractivity contribution in [1.29, 1.82) is 0 Å². The molecule has 2 aromatic carbocycles. The van der Waals surface area contributed by atoms with Gasteiger partial charge in [-0.15, -0.1) is 0 Å². The van der Waals surface area contributed by atoms with Gasteiger partial charge in [0, 0.05) is 0 Å². The third-order valence-corrected chi connectivity index (χ3v) is 5.01. The summed E-state index contributed by atoms with van der Waals surface area (Å²) in [6.07, 6.45) is 19.2. The van der Waals surface area contributed by atoms with Gasteiger partial charge in [-0.1, -0.05) is 100 Å². The molecule has 2 aromatic rings. The minimum absolute atomic E-state index is 1.08. The summed E-state index contributed by atoms with van der Waals surface area (Å²) >= 11 is 0. The van der Waals surface area contributed by atoms with Crippen LogP contribution in [0.2, 0.25) is 0 Å². The molecule has 29 heavy (non-hydrogen) atoms. The highest BCUT2D eigenvalue weighted by Crippen LogP contribution is 2.10. The predicted octanol–water partition coefficient (Wildman–Crippen LogP) is 7.55. The van der Waals surface area contributed by atoms with Crippen LogP contribution in [0.1, 0.15) is 81.0 Å². The van der Waals surface area contributed by atoms with Crippen molar-refractivity contribution in [2.24, 2.45) is 10.2 Å². The maximum absolute atomic E-state index is 4.19. The summed E-state index contributed by atoms with van der Waals surface area (Å²) in [5.41, 5.74) is 4.94. The Morgan fingerprint density at radius 3 is 1.72 bits per heavy atom. The minimum Gasteiger partial charge on any atom is -0.159 e. The fourth-order valence-electron chi connectivity index (χ4n) is 3.21. The average Bonchev–Trinajstić information content (AvgIpc) is 2.76. The highest BCUT2D eigenvalue weighted by molar-refractivity contribution is 5.82. The van der Waals surface area contributed by atoms with Gasteiger partial charge < -0.3 is 0 Å². The van der Waals surface area contributed by atoms with Gasteiger partial charge in [-0.05, 0) is 54.4 Å². The standard InChI is InChI=1S/C27H36N2/c1-3-5-7-9-11-13-25-16-20-27(21-17-25)23-29-28-22-26-18-14-24(15-19-26)12-10-8-6-4-2/h6,8,14-23H,3-5,7,9-13H2,1-2H3/b8-6+,28-22?,29-23?. The Kier molecular flexibility index (Phi) is 11.4. The Hall–Kier alpha value is -2.48. The van der Waals surface area contributed by atoms with Crippen LogP contribution in [0.15, 0.2) is 70.9 Å². The molecule has 0 heterocycles. The van der Waals surface area contributed by atoms with E-state index in [1.54, 1.807) is 0 Å². The van der Waals surface area contributed by atoms with Gasteiger partial charge in [-0.2, -0.15) is 10.2 Å². The highest BCUT2D eigenvalue weighted by atomic mass is 15.2. The van der Waals surface area contributed by atoms with E-state index < -0.39 is 0 Å². The molecule has 0 unspecified atom stereocenters. The molecule has 2 nitrogen and oxygen atoms in total. The zero-order chi connectivity index (χ0) is 20.6.